The Morgan fingerprint density at radius 1 is 1.28 bits per heavy atom. The summed E-state index contributed by atoms with van der Waals surface area (Å²) >= 11 is 0. The number of hydrogen-bond donors (Lipinski definition) is 0. The average molecular weight is 343 g/mol. The molecule has 0 bridgehead atoms. The fraction of sp³-hybridized carbons (Fsp3) is 0.526. The summed E-state index contributed by atoms with van der Waals surface area (Å²) in [5.41, 5.74) is 1.81. The molecule has 134 valence electrons. The minimum Gasteiger partial charge on any atom is -0.375 e. The fourth-order valence-electron chi connectivity index (χ4n) is 3.26. The van der Waals surface area contributed by atoms with Crippen LogP contribution < -0.4 is 0 Å². The molecule has 3 rings (SSSR count). The van der Waals surface area contributed by atoms with E-state index in [4.69, 9.17) is 4.74 Å². The molecule has 2 aliphatic heterocycles. The maximum absolute atomic E-state index is 12.6. The van der Waals surface area contributed by atoms with E-state index in [1.54, 1.807) is 7.05 Å². The second kappa shape index (κ2) is 8.25. The number of ether oxygens (including phenoxy) is 1. The Hall–Kier alpha value is -2.21. The van der Waals surface area contributed by atoms with E-state index in [0.717, 1.165) is 19.3 Å². The molecule has 0 N–H and O–H groups in total. The van der Waals surface area contributed by atoms with Crippen LogP contribution in [0.15, 0.2) is 35.4 Å². The van der Waals surface area contributed by atoms with Gasteiger partial charge in [0.15, 0.2) is 0 Å². The molecule has 0 spiro atoms. The zero-order valence-corrected chi connectivity index (χ0v) is 14.7. The van der Waals surface area contributed by atoms with Gasteiger partial charge in [-0.2, -0.15) is 5.10 Å². The summed E-state index contributed by atoms with van der Waals surface area (Å²) in [5.74, 6) is -0.104. The number of hydrazone groups is 1. The van der Waals surface area contributed by atoms with Gasteiger partial charge in [0.2, 0.25) is 5.91 Å². The first-order chi connectivity index (χ1) is 12.1. The van der Waals surface area contributed by atoms with Crippen molar-refractivity contribution in [3.8, 4) is 0 Å². The van der Waals surface area contributed by atoms with Crippen molar-refractivity contribution < 1.29 is 14.3 Å². The Balaban J connectivity index is 1.50. The van der Waals surface area contributed by atoms with Crippen molar-refractivity contribution in [2.24, 2.45) is 5.10 Å². The zero-order valence-electron chi connectivity index (χ0n) is 14.7. The highest BCUT2D eigenvalue weighted by Gasteiger charge is 2.29. The number of rotatable bonds is 5. The lowest BCUT2D eigenvalue weighted by molar-refractivity contribution is -0.133. The molecule has 2 heterocycles. The summed E-state index contributed by atoms with van der Waals surface area (Å²) in [4.78, 5) is 26.0. The molecule has 0 aromatic heterocycles. The number of nitrogens with zero attached hydrogens (tertiary/aromatic N) is 3. The molecule has 2 aliphatic rings. The van der Waals surface area contributed by atoms with Crippen molar-refractivity contribution in [2.75, 3.05) is 26.7 Å². The van der Waals surface area contributed by atoms with Crippen LogP contribution in [0.3, 0.4) is 0 Å². The zero-order chi connectivity index (χ0) is 17.6. The Kier molecular flexibility index (Phi) is 5.81. The van der Waals surface area contributed by atoms with Crippen molar-refractivity contribution in [1.29, 1.82) is 0 Å². The summed E-state index contributed by atoms with van der Waals surface area (Å²) in [5, 5.41) is 5.41. The van der Waals surface area contributed by atoms with Crippen molar-refractivity contribution in [3.63, 3.8) is 0 Å². The van der Waals surface area contributed by atoms with Crippen molar-refractivity contribution in [1.82, 2.24) is 9.91 Å². The average Bonchev–Trinajstić information content (AvgIpc) is 2.64. The first kappa shape index (κ1) is 17.6. The maximum Gasteiger partial charge on any atom is 0.270 e. The quantitative estimate of drug-likeness (QED) is 0.820. The third-order valence-electron chi connectivity index (χ3n) is 4.71. The largest absolute Gasteiger partial charge is 0.375 e. The molecule has 1 saturated heterocycles. The van der Waals surface area contributed by atoms with Crippen LogP contribution in [0.1, 0.15) is 31.2 Å². The highest BCUT2D eigenvalue weighted by molar-refractivity contribution is 6.39. The van der Waals surface area contributed by atoms with E-state index < -0.39 is 0 Å². The predicted molar refractivity (Wildman–Crippen MR) is 95.1 cm³/mol. The van der Waals surface area contributed by atoms with Gasteiger partial charge >= 0.3 is 0 Å². The smallest absolute Gasteiger partial charge is 0.270 e. The van der Waals surface area contributed by atoms with Crippen molar-refractivity contribution >= 4 is 17.5 Å². The fourth-order valence-corrected chi connectivity index (χ4v) is 3.26. The highest BCUT2D eigenvalue weighted by atomic mass is 16.5. The first-order valence-corrected chi connectivity index (χ1v) is 8.92. The van der Waals surface area contributed by atoms with E-state index in [1.165, 1.54) is 10.6 Å². The van der Waals surface area contributed by atoms with Gasteiger partial charge in [-0.05, 0) is 24.8 Å². The minimum atomic E-state index is -0.0595. The van der Waals surface area contributed by atoms with E-state index in [9.17, 15) is 9.59 Å². The second-order valence-electron chi connectivity index (χ2n) is 6.59. The predicted octanol–water partition coefficient (Wildman–Crippen LogP) is 1.84. The summed E-state index contributed by atoms with van der Waals surface area (Å²) in [6, 6.07) is 10.4. The first-order valence-electron chi connectivity index (χ1n) is 8.92. The summed E-state index contributed by atoms with van der Waals surface area (Å²) in [7, 11) is 1.60. The van der Waals surface area contributed by atoms with Gasteiger partial charge in [-0.25, -0.2) is 5.01 Å². The van der Waals surface area contributed by atoms with Crippen LogP contribution in [0, 0.1) is 0 Å². The van der Waals surface area contributed by atoms with Gasteiger partial charge in [0.25, 0.3) is 5.91 Å². The second-order valence-corrected chi connectivity index (χ2v) is 6.59. The van der Waals surface area contributed by atoms with Gasteiger partial charge in [-0.1, -0.05) is 30.3 Å². The number of carbonyl (C=O) groups is 2. The minimum absolute atomic E-state index is 0.0442. The Morgan fingerprint density at radius 3 is 2.84 bits per heavy atom. The molecule has 1 aromatic carbocycles. The van der Waals surface area contributed by atoms with E-state index in [0.29, 0.717) is 38.2 Å². The monoisotopic (exact) mass is 343 g/mol. The van der Waals surface area contributed by atoms with Crippen LogP contribution >= 0.6 is 0 Å². The van der Waals surface area contributed by atoms with Crippen LogP contribution in [0.5, 0.6) is 0 Å². The molecule has 25 heavy (non-hydrogen) atoms. The standard InChI is InChI=1S/C19H25N3O3/c1-21-18(23)11-10-17(20-21)19(24)22-12-13-25-16(14-22)9-5-8-15-6-3-2-4-7-15/h2-4,6-7,16H,5,8-14H2,1H3. The lowest BCUT2D eigenvalue weighted by Crippen LogP contribution is -2.49. The van der Waals surface area contributed by atoms with Gasteiger partial charge in [-0.3, -0.25) is 9.59 Å². The van der Waals surface area contributed by atoms with Crippen molar-refractivity contribution in [3.05, 3.63) is 35.9 Å². The number of benzene rings is 1. The van der Waals surface area contributed by atoms with Gasteiger partial charge in [-0.15, -0.1) is 0 Å². The van der Waals surface area contributed by atoms with Crippen LogP contribution in [0.25, 0.3) is 0 Å². The molecule has 0 radical (unpaired) electrons. The summed E-state index contributed by atoms with van der Waals surface area (Å²) < 4.78 is 5.82. The molecule has 0 aliphatic carbocycles. The lowest BCUT2D eigenvalue weighted by Gasteiger charge is -2.34. The molecule has 1 atom stereocenters. The Morgan fingerprint density at radius 2 is 2.08 bits per heavy atom. The highest BCUT2D eigenvalue weighted by Crippen LogP contribution is 2.16. The molecule has 6 nitrogen and oxygen atoms in total. The summed E-state index contributed by atoms with van der Waals surface area (Å²) in [6.07, 6.45) is 3.85. The number of amides is 2. The van der Waals surface area contributed by atoms with Gasteiger partial charge < -0.3 is 9.64 Å². The lowest BCUT2D eigenvalue weighted by atomic mass is 10.0. The van der Waals surface area contributed by atoms with Gasteiger partial charge in [0.1, 0.15) is 5.71 Å². The van der Waals surface area contributed by atoms with E-state index >= 15 is 0 Å². The molecule has 1 unspecified atom stereocenters. The topological polar surface area (TPSA) is 62.2 Å². The number of carbonyl (C=O) groups excluding carboxylic acids is 2. The van der Waals surface area contributed by atoms with E-state index in [-0.39, 0.29) is 17.9 Å². The number of aryl methyl sites for hydroxylation is 1. The van der Waals surface area contributed by atoms with Crippen LogP contribution in [0.4, 0.5) is 0 Å². The SMILES string of the molecule is CN1N=C(C(=O)N2CCOC(CCCc3ccccc3)C2)CCC1=O. The van der Waals surface area contributed by atoms with Crippen LogP contribution in [-0.2, 0) is 20.7 Å². The van der Waals surface area contributed by atoms with Crippen LogP contribution in [-0.4, -0.2) is 60.3 Å². The molecule has 0 saturated carbocycles. The third-order valence-corrected chi connectivity index (χ3v) is 4.71. The molecular weight excluding hydrogens is 318 g/mol. The maximum atomic E-state index is 12.6. The molecule has 2 amide bonds. The van der Waals surface area contributed by atoms with Crippen LogP contribution in [0.2, 0.25) is 0 Å². The normalized spacial score (nSPS) is 21.2. The van der Waals surface area contributed by atoms with E-state index in [2.05, 4.69) is 29.4 Å². The van der Waals surface area contributed by atoms with Crippen molar-refractivity contribution in [2.45, 2.75) is 38.2 Å². The van der Waals surface area contributed by atoms with Gasteiger partial charge in [0.05, 0.1) is 12.7 Å². The molecule has 6 heteroatoms. The molecular formula is C19H25N3O3. The number of hydrogen-bond acceptors (Lipinski definition) is 4. The summed E-state index contributed by atoms with van der Waals surface area (Å²) in [6.45, 7) is 1.75. The Bertz CT molecular complexity index is 645. The molecule has 1 aromatic rings. The number of morpholine rings is 1. The van der Waals surface area contributed by atoms with Gasteiger partial charge in [0, 0.05) is 33.0 Å². The molecule has 1 fully saturated rings. The van der Waals surface area contributed by atoms with E-state index in [1.807, 2.05) is 11.0 Å². The Labute approximate surface area is 148 Å². The third kappa shape index (κ3) is 4.66.